The third-order valence-corrected chi connectivity index (χ3v) is 6.07. The largest absolute Gasteiger partial charge is 0.422 e. The monoisotopic (exact) mass is 452 g/mol. The summed E-state index contributed by atoms with van der Waals surface area (Å²) in [5.41, 5.74) is 0.441. The van der Waals surface area contributed by atoms with Crippen molar-refractivity contribution in [3.8, 4) is 11.8 Å². The van der Waals surface area contributed by atoms with Crippen LogP contribution in [0.15, 0.2) is 41.5 Å². The maximum Gasteiger partial charge on any atom is 0.302 e. The molecule has 4 heterocycles. The van der Waals surface area contributed by atoms with Gasteiger partial charge in [-0.05, 0) is 30.5 Å². The normalized spacial score (nSPS) is 17.7. The smallest absolute Gasteiger partial charge is 0.302 e. The number of fused-ring (bicyclic) bond motifs is 1. The summed E-state index contributed by atoms with van der Waals surface area (Å²) in [6.45, 7) is 2.02. The Balaban J connectivity index is 1.24. The summed E-state index contributed by atoms with van der Waals surface area (Å²) in [6.07, 6.45) is 7.87. The van der Waals surface area contributed by atoms with Crippen LogP contribution in [0.2, 0.25) is 0 Å². The van der Waals surface area contributed by atoms with Gasteiger partial charge in [0.1, 0.15) is 12.0 Å². The highest BCUT2D eigenvalue weighted by molar-refractivity contribution is 5.35. The molecule has 0 saturated carbocycles. The molecule has 0 radical (unpaired) electrons. The number of nitrogens with one attached hydrogen (secondary N) is 1. The Morgan fingerprint density at radius 3 is 2.76 bits per heavy atom. The summed E-state index contributed by atoms with van der Waals surface area (Å²) < 4.78 is 20.8. The van der Waals surface area contributed by atoms with Gasteiger partial charge in [-0.15, -0.1) is 0 Å². The van der Waals surface area contributed by atoms with Gasteiger partial charge in [0.2, 0.25) is 0 Å². The number of piperidine rings is 1. The second-order valence-electron chi connectivity index (χ2n) is 8.39. The molecule has 0 bridgehead atoms. The highest BCUT2D eigenvalue weighted by Crippen LogP contribution is 2.29. The molecule has 0 spiro atoms. The number of aliphatic hydroxyl groups is 1. The zero-order valence-corrected chi connectivity index (χ0v) is 18.2. The van der Waals surface area contributed by atoms with Crippen LogP contribution < -0.4 is 20.9 Å². The van der Waals surface area contributed by atoms with Crippen molar-refractivity contribution < 1.29 is 14.2 Å². The van der Waals surface area contributed by atoms with Crippen molar-refractivity contribution in [2.45, 2.75) is 25.1 Å². The van der Waals surface area contributed by atoms with Gasteiger partial charge in [-0.2, -0.15) is 10.1 Å². The predicted octanol–water partition coefficient (Wildman–Crippen LogP) is 0.690. The van der Waals surface area contributed by atoms with Crippen LogP contribution in [-0.2, 0) is 0 Å². The van der Waals surface area contributed by atoms with Crippen molar-refractivity contribution in [2.24, 2.45) is 0 Å². The highest BCUT2D eigenvalue weighted by Gasteiger charge is 2.26. The fourth-order valence-corrected chi connectivity index (χ4v) is 4.24. The minimum atomic E-state index is -0.761. The molecule has 2 aliphatic rings. The first-order valence-electron chi connectivity index (χ1n) is 10.9. The Morgan fingerprint density at radius 1 is 1.24 bits per heavy atom. The molecule has 1 saturated heterocycles. The van der Waals surface area contributed by atoms with Gasteiger partial charge in [-0.3, -0.25) is 19.4 Å². The van der Waals surface area contributed by atoms with E-state index < -0.39 is 6.23 Å². The molecule has 2 aromatic heterocycles. The number of rotatable bonds is 5. The topological polar surface area (TPSA) is 99.5 Å². The second-order valence-corrected chi connectivity index (χ2v) is 8.39. The van der Waals surface area contributed by atoms with Crippen molar-refractivity contribution in [3.63, 3.8) is 0 Å². The first-order valence-corrected chi connectivity index (χ1v) is 10.9. The maximum atomic E-state index is 13.1. The average Bonchev–Trinajstić information content (AvgIpc) is 3.27. The lowest BCUT2D eigenvalue weighted by molar-refractivity contribution is -0.0186. The molecule has 3 aromatic rings. The Hall–Kier alpha value is -3.50. The zero-order valence-electron chi connectivity index (χ0n) is 18.2. The van der Waals surface area contributed by atoms with E-state index in [1.165, 1.54) is 12.1 Å². The first kappa shape index (κ1) is 21.4. The molecule has 1 fully saturated rings. The lowest BCUT2D eigenvalue weighted by atomic mass is 10.0. The number of H-pyrrole nitrogens is 1. The Labute approximate surface area is 189 Å². The Bertz CT molecular complexity index is 1310. The van der Waals surface area contributed by atoms with Crippen LogP contribution in [0.1, 0.15) is 30.7 Å². The van der Waals surface area contributed by atoms with Gasteiger partial charge in [0.15, 0.2) is 5.75 Å². The van der Waals surface area contributed by atoms with Crippen molar-refractivity contribution >= 4 is 12.3 Å². The lowest BCUT2D eigenvalue weighted by Crippen LogP contribution is -2.47. The lowest BCUT2D eigenvalue weighted by Gasteiger charge is -2.35. The van der Waals surface area contributed by atoms with E-state index in [9.17, 15) is 14.3 Å². The molecule has 0 amide bonds. The van der Waals surface area contributed by atoms with Gasteiger partial charge < -0.3 is 14.7 Å². The van der Waals surface area contributed by atoms with Crippen LogP contribution in [0.25, 0.3) is 12.3 Å². The van der Waals surface area contributed by atoms with Crippen molar-refractivity contribution in [1.29, 1.82) is 0 Å². The van der Waals surface area contributed by atoms with E-state index >= 15 is 0 Å². The minimum Gasteiger partial charge on any atom is -0.422 e. The molecule has 5 rings (SSSR count). The third kappa shape index (κ3) is 4.53. The van der Waals surface area contributed by atoms with Crippen LogP contribution in [0, 0.1) is 5.82 Å². The molecule has 1 aromatic carbocycles. The fraction of sp³-hybridized carbons (Fsp3) is 0.348. The zero-order chi connectivity index (χ0) is 22.9. The number of hydrogen-bond donors (Lipinski definition) is 2. The molecule has 1 atom stereocenters. The Morgan fingerprint density at radius 2 is 2.00 bits per heavy atom. The summed E-state index contributed by atoms with van der Waals surface area (Å²) in [5, 5.41) is 16.1. The standard InChI is InChI=1S/C23H25FN6O3/c1-28-9-8-19-20(14-28)26-23(27-21(19)31)33-18-12-25-30(13-18)17-6-10-29(11-7-17)22(32)15-2-4-16(24)5-3-15/h2-5,8,12-14,17,22,32H,6-7,9-11H2,1H3,(H,26,27,31). The summed E-state index contributed by atoms with van der Waals surface area (Å²) in [4.78, 5) is 23.3. The molecular weight excluding hydrogens is 427 g/mol. The minimum absolute atomic E-state index is 0.121. The SMILES string of the molecule is CN1C=c2nc(Oc3cnn(C4CCN(C(O)c5ccc(F)cc5)CC4)c3)[nH]c(=O)c2=CC1. The number of benzene rings is 1. The summed E-state index contributed by atoms with van der Waals surface area (Å²) >= 11 is 0. The van der Waals surface area contributed by atoms with E-state index in [-0.39, 0.29) is 23.4 Å². The molecule has 9 nitrogen and oxygen atoms in total. The van der Waals surface area contributed by atoms with Crippen LogP contribution in [0.3, 0.4) is 0 Å². The number of ether oxygens (including phenoxy) is 1. The number of aromatic amines is 1. The van der Waals surface area contributed by atoms with Gasteiger partial charge in [0.25, 0.3) is 5.56 Å². The summed E-state index contributed by atoms with van der Waals surface area (Å²) in [7, 11) is 1.91. The van der Waals surface area contributed by atoms with Crippen molar-refractivity contribution in [1.82, 2.24) is 29.5 Å². The van der Waals surface area contributed by atoms with Gasteiger partial charge in [-0.25, -0.2) is 4.39 Å². The quantitative estimate of drug-likeness (QED) is 0.588. The number of likely N-dealkylation sites (tertiary alicyclic amines) is 1. The van der Waals surface area contributed by atoms with E-state index in [1.54, 1.807) is 24.5 Å². The van der Waals surface area contributed by atoms with Crippen LogP contribution in [0.5, 0.6) is 11.8 Å². The van der Waals surface area contributed by atoms with Crippen molar-refractivity contribution in [2.75, 3.05) is 26.7 Å². The highest BCUT2D eigenvalue weighted by atomic mass is 19.1. The van der Waals surface area contributed by atoms with Gasteiger partial charge in [0.05, 0.1) is 29.0 Å². The maximum absolute atomic E-state index is 13.1. The number of nitrogens with zero attached hydrogens (tertiary/aromatic N) is 5. The number of hydrogen-bond acceptors (Lipinski definition) is 7. The third-order valence-electron chi connectivity index (χ3n) is 6.07. The molecule has 33 heavy (non-hydrogen) atoms. The van der Waals surface area contributed by atoms with Gasteiger partial charge in [-0.1, -0.05) is 18.2 Å². The number of aliphatic hydroxyl groups excluding tert-OH is 1. The van der Waals surface area contributed by atoms with Gasteiger partial charge in [0, 0.05) is 32.9 Å². The Kier molecular flexibility index (Phi) is 5.69. The van der Waals surface area contributed by atoms with E-state index in [1.807, 2.05) is 33.8 Å². The predicted molar refractivity (Wildman–Crippen MR) is 119 cm³/mol. The van der Waals surface area contributed by atoms with Crippen LogP contribution in [0.4, 0.5) is 4.39 Å². The van der Waals surface area contributed by atoms with Crippen molar-refractivity contribution in [3.05, 3.63) is 69.0 Å². The molecule has 0 aliphatic carbocycles. The molecule has 172 valence electrons. The van der Waals surface area contributed by atoms with E-state index in [0.717, 1.165) is 12.8 Å². The molecule has 1 unspecified atom stereocenters. The summed E-state index contributed by atoms with van der Waals surface area (Å²) in [6, 6.07) is 6.21. The number of halogens is 1. The molecule has 10 heteroatoms. The second kappa shape index (κ2) is 8.80. The van der Waals surface area contributed by atoms with E-state index in [4.69, 9.17) is 4.74 Å². The number of aromatic nitrogens is 4. The molecule has 2 aliphatic heterocycles. The fourth-order valence-electron chi connectivity index (χ4n) is 4.24. The van der Waals surface area contributed by atoms with Crippen LogP contribution in [-0.4, -0.2) is 61.3 Å². The molecule has 2 N–H and O–H groups in total. The summed E-state index contributed by atoms with van der Waals surface area (Å²) in [5.74, 6) is 0.167. The molecular formula is C23H25FN6O3. The van der Waals surface area contributed by atoms with Crippen LogP contribution >= 0.6 is 0 Å². The van der Waals surface area contributed by atoms with E-state index in [0.29, 0.717) is 41.5 Å². The average molecular weight is 452 g/mol. The van der Waals surface area contributed by atoms with Gasteiger partial charge >= 0.3 is 6.01 Å². The van der Waals surface area contributed by atoms with E-state index in [2.05, 4.69) is 15.1 Å². The first-order chi connectivity index (χ1) is 16.0.